The average Bonchev–Trinajstić information content (AvgIpc) is 2.87. The predicted octanol–water partition coefficient (Wildman–Crippen LogP) is 2.41. The molecule has 0 spiro atoms. The van der Waals surface area contributed by atoms with Crippen LogP contribution in [0.25, 0.3) is 0 Å². The number of rotatable bonds is 5. The summed E-state index contributed by atoms with van der Waals surface area (Å²) >= 11 is 0. The van der Waals surface area contributed by atoms with Gasteiger partial charge in [-0.3, -0.25) is 10.1 Å². The van der Waals surface area contributed by atoms with Crippen LogP contribution in [-0.2, 0) is 10.0 Å². The lowest BCUT2D eigenvalue weighted by atomic mass is 9.88. The Kier molecular flexibility index (Phi) is 5.65. The third-order valence-corrected chi connectivity index (χ3v) is 6.17. The third kappa shape index (κ3) is 4.09. The van der Waals surface area contributed by atoms with Crippen LogP contribution in [0.4, 0.5) is 5.69 Å². The first kappa shape index (κ1) is 18.5. The molecular formula is C18H21N3O4S. The van der Waals surface area contributed by atoms with Gasteiger partial charge >= 0.3 is 0 Å². The van der Waals surface area contributed by atoms with E-state index in [2.05, 4.69) is 10.0 Å². The van der Waals surface area contributed by atoms with Crippen molar-refractivity contribution in [3.63, 3.8) is 0 Å². The molecule has 26 heavy (non-hydrogen) atoms. The van der Waals surface area contributed by atoms with Gasteiger partial charge in [-0.05, 0) is 37.6 Å². The van der Waals surface area contributed by atoms with Crippen LogP contribution >= 0.6 is 0 Å². The minimum absolute atomic E-state index is 0.00347. The van der Waals surface area contributed by atoms with E-state index in [1.165, 1.54) is 24.3 Å². The number of nitro groups is 1. The molecule has 0 aromatic heterocycles. The molecule has 1 aliphatic rings. The molecule has 7 nitrogen and oxygen atoms in total. The second-order valence-electron chi connectivity index (χ2n) is 6.30. The number of para-hydroxylation sites is 1. The first-order chi connectivity index (χ1) is 12.5. The summed E-state index contributed by atoms with van der Waals surface area (Å²) in [6, 6.07) is 14.9. The van der Waals surface area contributed by atoms with Crippen LogP contribution < -0.4 is 10.0 Å². The largest absolute Gasteiger partial charge is 0.317 e. The molecule has 2 aromatic carbocycles. The first-order valence-electron chi connectivity index (χ1n) is 8.50. The number of nitrogens with zero attached hydrogens (tertiary/aromatic N) is 1. The first-order valence-corrected chi connectivity index (χ1v) is 9.99. The van der Waals surface area contributed by atoms with Crippen molar-refractivity contribution in [3.05, 3.63) is 70.3 Å². The molecule has 0 bridgehead atoms. The maximum absolute atomic E-state index is 12.9. The molecule has 0 radical (unpaired) electrons. The molecule has 0 saturated carbocycles. The van der Waals surface area contributed by atoms with Crippen LogP contribution in [0.5, 0.6) is 0 Å². The Morgan fingerprint density at radius 3 is 2.38 bits per heavy atom. The SMILES string of the molecule is O=[N+]([O-])c1ccccc1S(=O)(=O)NC1CCNCCC1c1ccccc1. The van der Waals surface area contributed by atoms with E-state index in [-0.39, 0.29) is 16.9 Å². The lowest BCUT2D eigenvalue weighted by Crippen LogP contribution is -2.39. The fourth-order valence-electron chi connectivity index (χ4n) is 3.38. The zero-order valence-electron chi connectivity index (χ0n) is 14.2. The topological polar surface area (TPSA) is 101 Å². The van der Waals surface area contributed by atoms with Crippen LogP contribution in [-0.4, -0.2) is 32.5 Å². The van der Waals surface area contributed by atoms with Crippen LogP contribution in [0.1, 0.15) is 24.3 Å². The number of benzene rings is 2. The van der Waals surface area contributed by atoms with Gasteiger partial charge in [0, 0.05) is 18.0 Å². The monoisotopic (exact) mass is 375 g/mol. The molecule has 2 aromatic rings. The van der Waals surface area contributed by atoms with Gasteiger partial charge in [0.15, 0.2) is 4.90 Å². The van der Waals surface area contributed by atoms with Gasteiger partial charge in [-0.15, -0.1) is 0 Å². The lowest BCUT2D eigenvalue weighted by Gasteiger charge is -2.26. The molecule has 2 atom stereocenters. The summed E-state index contributed by atoms with van der Waals surface area (Å²) in [5, 5.41) is 14.5. The molecule has 2 unspecified atom stereocenters. The number of hydrogen-bond donors (Lipinski definition) is 2. The van der Waals surface area contributed by atoms with E-state index in [0.717, 1.165) is 18.5 Å². The molecule has 1 heterocycles. The fourth-order valence-corrected chi connectivity index (χ4v) is 4.86. The van der Waals surface area contributed by atoms with E-state index in [9.17, 15) is 18.5 Å². The highest BCUT2D eigenvalue weighted by molar-refractivity contribution is 7.89. The summed E-state index contributed by atoms with van der Waals surface area (Å²) in [6.45, 7) is 1.48. The smallest absolute Gasteiger partial charge is 0.289 e. The van der Waals surface area contributed by atoms with Crippen LogP contribution in [0.15, 0.2) is 59.5 Å². The molecule has 0 amide bonds. The van der Waals surface area contributed by atoms with E-state index < -0.39 is 20.6 Å². The van der Waals surface area contributed by atoms with Crippen molar-refractivity contribution in [1.82, 2.24) is 10.0 Å². The van der Waals surface area contributed by atoms with Crippen molar-refractivity contribution in [2.24, 2.45) is 0 Å². The van der Waals surface area contributed by atoms with Crippen LogP contribution in [0, 0.1) is 10.1 Å². The molecule has 8 heteroatoms. The second-order valence-corrected chi connectivity index (χ2v) is 7.98. The van der Waals surface area contributed by atoms with Gasteiger partial charge < -0.3 is 5.32 Å². The Labute approximate surface area is 152 Å². The number of nitrogens with one attached hydrogen (secondary N) is 2. The highest BCUT2D eigenvalue weighted by Crippen LogP contribution is 2.29. The highest BCUT2D eigenvalue weighted by atomic mass is 32.2. The summed E-state index contributed by atoms with van der Waals surface area (Å²) in [5.74, 6) is 0.00347. The van der Waals surface area contributed by atoms with Crippen molar-refractivity contribution in [2.45, 2.75) is 29.7 Å². The summed E-state index contributed by atoms with van der Waals surface area (Å²) in [7, 11) is -4.01. The Morgan fingerprint density at radius 1 is 1.00 bits per heavy atom. The normalized spacial score (nSPS) is 21.1. The Hall–Kier alpha value is -2.29. The molecule has 1 aliphatic heterocycles. The second kappa shape index (κ2) is 7.94. The van der Waals surface area contributed by atoms with Gasteiger partial charge in [0.1, 0.15) is 0 Å². The lowest BCUT2D eigenvalue weighted by molar-refractivity contribution is -0.387. The van der Waals surface area contributed by atoms with Gasteiger partial charge in [-0.1, -0.05) is 42.5 Å². The Balaban J connectivity index is 1.93. The minimum Gasteiger partial charge on any atom is -0.317 e. The van der Waals surface area contributed by atoms with Gasteiger partial charge in [0.2, 0.25) is 10.0 Å². The number of nitro benzene ring substituents is 1. The summed E-state index contributed by atoms with van der Waals surface area (Å²) < 4.78 is 28.5. The van der Waals surface area contributed by atoms with Crippen molar-refractivity contribution >= 4 is 15.7 Å². The quantitative estimate of drug-likeness (QED) is 0.617. The van der Waals surface area contributed by atoms with E-state index >= 15 is 0 Å². The van der Waals surface area contributed by atoms with E-state index in [4.69, 9.17) is 0 Å². The van der Waals surface area contributed by atoms with Crippen molar-refractivity contribution in [3.8, 4) is 0 Å². The summed E-state index contributed by atoms with van der Waals surface area (Å²) in [4.78, 5) is 10.2. The van der Waals surface area contributed by atoms with Gasteiger partial charge in [0.25, 0.3) is 5.69 Å². The van der Waals surface area contributed by atoms with Gasteiger partial charge in [0.05, 0.1) is 4.92 Å². The van der Waals surface area contributed by atoms with Gasteiger partial charge in [-0.25, -0.2) is 13.1 Å². The minimum atomic E-state index is -4.01. The third-order valence-electron chi connectivity index (χ3n) is 4.64. The predicted molar refractivity (Wildman–Crippen MR) is 98.5 cm³/mol. The summed E-state index contributed by atoms with van der Waals surface area (Å²) in [5.41, 5.74) is 0.648. The van der Waals surface area contributed by atoms with Crippen LogP contribution in [0.2, 0.25) is 0 Å². The highest BCUT2D eigenvalue weighted by Gasteiger charge is 2.32. The van der Waals surface area contributed by atoms with Crippen molar-refractivity contribution in [1.29, 1.82) is 0 Å². The fraction of sp³-hybridized carbons (Fsp3) is 0.333. The maximum atomic E-state index is 12.9. The zero-order chi connectivity index (χ0) is 18.6. The Bertz CT molecular complexity index is 871. The molecule has 2 N–H and O–H groups in total. The van der Waals surface area contributed by atoms with Crippen LogP contribution in [0.3, 0.4) is 0 Å². The zero-order valence-corrected chi connectivity index (χ0v) is 15.0. The molecule has 138 valence electrons. The molecular weight excluding hydrogens is 354 g/mol. The average molecular weight is 375 g/mol. The molecule has 1 saturated heterocycles. The summed E-state index contributed by atoms with van der Waals surface area (Å²) in [6.07, 6.45) is 1.40. The number of hydrogen-bond acceptors (Lipinski definition) is 5. The molecule has 0 aliphatic carbocycles. The van der Waals surface area contributed by atoms with E-state index in [1.807, 2.05) is 30.3 Å². The molecule has 3 rings (SSSR count). The van der Waals surface area contributed by atoms with Crippen molar-refractivity contribution in [2.75, 3.05) is 13.1 Å². The maximum Gasteiger partial charge on any atom is 0.289 e. The number of sulfonamides is 1. The Morgan fingerprint density at radius 2 is 1.65 bits per heavy atom. The standard InChI is InChI=1S/C18H21N3O4S/c22-21(23)17-8-4-5-9-18(17)26(24,25)20-16-11-13-19-12-10-15(16)14-6-2-1-3-7-14/h1-9,15-16,19-20H,10-13H2. The van der Waals surface area contributed by atoms with E-state index in [1.54, 1.807) is 0 Å². The van der Waals surface area contributed by atoms with E-state index in [0.29, 0.717) is 13.0 Å². The van der Waals surface area contributed by atoms with Crippen molar-refractivity contribution < 1.29 is 13.3 Å². The van der Waals surface area contributed by atoms with Gasteiger partial charge in [-0.2, -0.15) is 0 Å². The molecule has 1 fully saturated rings.